The number of benzene rings is 7. The van der Waals surface area contributed by atoms with E-state index >= 15 is 0 Å². The fourth-order valence-corrected chi connectivity index (χ4v) is 12.5. The van der Waals surface area contributed by atoms with Gasteiger partial charge in [-0.05, 0) is 154 Å². The zero-order valence-electron chi connectivity index (χ0n) is 33.7. The van der Waals surface area contributed by atoms with Gasteiger partial charge in [0.1, 0.15) is 0 Å². The van der Waals surface area contributed by atoms with Crippen molar-refractivity contribution >= 4 is 44.3 Å². The van der Waals surface area contributed by atoms with Crippen molar-refractivity contribution in [2.75, 3.05) is 9.80 Å². The Kier molecular flexibility index (Phi) is 7.04. The fourth-order valence-electron chi connectivity index (χ4n) is 12.5. The monoisotopic (exact) mass is 728 g/mol. The minimum atomic E-state index is -0.00241. The van der Waals surface area contributed by atoms with Crippen LogP contribution in [0.5, 0.6) is 0 Å². The number of rotatable bonds is 4. The van der Waals surface area contributed by atoms with Gasteiger partial charge in [0, 0.05) is 34.6 Å². The van der Waals surface area contributed by atoms with Crippen molar-refractivity contribution in [3.63, 3.8) is 0 Å². The maximum atomic E-state index is 2.69. The standard InChI is InChI=1S/C54H52N2/c1-51(2)31-29-45-43-33-35(25-27-47(43)55(53(45,51)5)37-17-9-7-10-18-37)49-39-21-13-15-23-41(39)50(42-24-16-14-22-40(42)49)36-26-28-48-44(34-36)46-30-32-52(3,4)54(46,6)56(48)38-19-11-8-12-20-38/h7-28,33-34,45-46H,29-32H2,1-6H3. The molecule has 0 bridgehead atoms. The van der Waals surface area contributed by atoms with Crippen molar-refractivity contribution in [2.24, 2.45) is 10.8 Å². The van der Waals surface area contributed by atoms with E-state index in [-0.39, 0.29) is 21.9 Å². The van der Waals surface area contributed by atoms with Crippen LogP contribution in [0.25, 0.3) is 43.8 Å². The molecule has 56 heavy (non-hydrogen) atoms. The van der Waals surface area contributed by atoms with Crippen LogP contribution in [0.4, 0.5) is 22.7 Å². The van der Waals surface area contributed by atoms with Gasteiger partial charge in [-0.25, -0.2) is 0 Å². The third-order valence-electron chi connectivity index (χ3n) is 16.0. The SMILES string of the molecule is CC1(C)CCC2c3cc(-c4c5ccccc5c(-c5ccc6c(c5)C5CCC(C)(C)C5(C)N6c5ccccc5)c5ccccc45)ccc3N(c3ccccc3)C21C. The summed E-state index contributed by atoms with van der Waals surface area (Å²) in [7, 11) is 0. The first-order valence-corrected chi connectivity index (χ1v) is 21.0. The summed E-state index contributed by atoms with van der Waals surface area (Å²) in [5.74, 6) is 0.940. The van der Waals surface area contributed by atoms with E-state index in [1.807, 2.05) is 0 Å². The molecule has 2 heteroatoms. The van der Waals surface area contributed by atoms with Crippen molar-refractivity contribution in [1.29, 1.82) is 0 Å². The highest BCUT2D eigenvalue weighted by Gasteiger charge is 2.62. The van der Waals surface area contributed by atoms with Crippen molar-refractivity contribution in [2.45, 2.75) is 90.1 Å². The molecule has 0 spiro atoms. The first-order valence-electron chi connectivity index (χ1n) is 21.0. The topological polar surface area (TPSA) is 6.48 Å². The lowest BCUT2D eigenvalue weighted by molar-refractivity contribution is 0.222. The van der Waals surface area contributed by atoms with Crippen LogP contribution in [0.15, 0.2) is 146 Å². The molecule has 0 radical (unpaired) electrons. The quantitative estimate of drug-likeness (QED) is 0.167. The van der Waals surface area contributed by atoms with Crippen LogP contribution in [0, 0.1) is 10.8 Å². The zero-order chi connectivity index (χ0) is 38.2. The number of nitrogens with zero attached hydrogens (tertiary/aromatic N) is 2. The third kappa shape index (κ3) is 4.28. The Labute approximate surface area is 332 Å². The smallest absolute Gasteiger partial charge is 0.0543 e. The first-order chi connectivity index (χ1) is 27.0. The molecule has 0 aromatic heterocycles. The van der Waals surface area contributed by atoms with Gasteiger partial charge in [0.25, 0.3) is 0 Å². The minimum Gasteiger partial charge on any atom is -0.334 e. The molecule has 4 aliphatic rings. The average Bonchev–Trinajstić information content (AvgIpc) is 3.81. The Bertz CT molecular complexity index is 2460. The average molecular weight is 729 g/mol. The van der Waals surface area contributed by atoms with Crippen molar-refractivity contribution in [1.82, 2.24) is 0 Å². The predicted octanol–water partition coefficient (Wildman–Crippen LogP) is 15.0. The summed E-state index contributed by atoms with van der Waals surface area (Å²) in [4.78, 5) is 5.37. The van der Waals surface area contributed by atoms with Gasteiger partial charge in [0.2, 0.25) is 0 Å². The van der Waals surface area contributed by atoms with E-state index in [4.69, 9.17) is 0 Å². The number of para-hydroxylation sites is 2. The fraction of sp³-hybridized carbons (Fsp3) is 0.296. The molecule has 0 saturated heterocycles. The van der Waals surface area contributed by atoms with Gasteiger partial charge in [0.05, 0.1) is 11.1 Å². The summed E-state index contributed by atoms with van der Waals surface area (Å²) in [6.07, 6.45) is 4.87. The van der Waals surface area contributed by atoms with Crippen molar-refractivity contribution in [3.8, 4) is 22.3 Å². The highest BCUT2D eigenvalue weighted by Crippen LogP contribution is 2.67. The molecule has 0 amide bonds. The lowest BCUT2D eigenvalue weighted by atomic mass is 9.72. The molecular weight excluding hydrogens is 677 g/mol. The van der Waals surface area contributed by atoms with Crippen LogP contribution >= 0.6 is 0 Å². The van der Waals surface area contributed by atoms with E-state index in [0.717, 1.165) is 0 Å². The summed E-state index contributed by atoms with van der Waals surface area (Å²) in [6.45, 7) is 15.0. The van der Waals surface area contributed by atoms with Crippen LogP contribution < -0.4 is 9.80 Å². The largest absolute Gasteiger partial charge is 0.334 e. The molecule has 2 fully saturated rings. The highest BCUT2D eigenvalue weighted by molar-refractivity contribution is 6.21. The molecule has 2 aliphatic carbocycles. The van der Waals surface area contributed by atoms with E-state index in [9.17, 15) is 0 Å². The lowest BCUT2D eigenvalue weighted by Gasteiger charge is -2.47. The molecule has 11 rings (SSSR count). The molecule has 7 aromatic carbocycles. The van der Waals surface area contributed by atoms with Crippen LogP contribution in [0.3, 0.4) is 0 Å². The number of fused-ring (bicyclic) bond motifs is 8. The maximum absolute atomic E-state index is 2.69. The van der Waals surface area contributed by atoms with Gasteiger partial charge in [0.15, 0.2) is 0 Å². The molecular formula is C54H52N2. The third-order valence-corrected chi connectivity index (χ3v) is 16.0. The molecule has 2 aliphatic heterocycles. The van der Waals surface area contributed by atoms with Gasteiger partial charge < -0.3 is 9.80 Å². The summed E-state index contributed by atoms with van der Waals surface area (Å²) in [5.41, 5.74) is 14.0. The van der Waals surface area contributed by atoms with Gasteiger partial charge in [-0.1, -0.05) is 125 Å². The Hall–Kier alpha value is -5.34. The van der Waals surface area contributed by atoms with Gasteiger partial charge in [-0.3, -0.25) is 0 Å². The van der Waals surface area contributed by atoms with E-state index < -0.39 is 0 Å². The molecule has 0 N–H and O–H groups in total. The summed E-state index contributed by atoms with van der Waals surface area (Å²) >= 11 is 0. The highest BCUT2D eigenvalue weighted by atomic mass is 15.3. The first kappa shape index (κ1) is 34.0. The second-order valence-electron chi connectivity index (χ2n) is 19.0. The zero-order valence-corrected chi connectivity index (χ0v) is 33.7. The Morgan fingerprint density at radius 2 is 0.750 bits per heavy atom. The second-order valence-corrected chi connectivity index (χ2v) is 19.0. The lowest BCUT2D eigenvalue weighted by Crippen LogP contribution is -2.50. The maximum Gasteiger partial charge on any atom is 0.0543 e. The van der Waals surface area contributed by atoms with E-state index in [2.05, 4.69) is 197 Å². The van der Waals surface area contributed by atoms with Gasteiger partial charge in [-0.15, -0.1) is 0 Å². The number of hydrogen-bond donors (Lipinski definition) is 0. The predicted molar refractivity (Wildman–Crippen MR) is 238 cm³/mol. The summed E-state index contributed by atoms with van der Waals surface area (Å²) < 4.78 is 0. The van der Waals surface area contributed by atoms with Gasteiger partial charge >= 0.3 is 0 Å². The molecule has 2 heterocycles. The van der Waals surface area contributed by atoms with Gasteiger partial charge in [-0.2, -0.15) is 0 Å². The van der Waals surface area contributed by atoms with Crippen molar-refractivity contribution in [3.05, 3.63) is 157 Å². The van der Waals surface area contributed by atoms with Crippen LogP contribution in [-0.2, 0) is 0 Å². The van der Waals surface area contributed by atoms with Crippen LogP contribution in [0.1, 0.15) is 90.2 Å². The number of anilines is 4. The van der Waals surface area contributed by atoms with E-state index in [1.165, 1.54) is 103 Å². The van der Waals surface area contributed by atoms with Crippen molar-refractivity contribution < 1.29 is 0 Å². The Balaban J connectivity index is 1.11. The molecule has 4 atom stereocenters. The normalized spacial score (nSPS) is 25.4. The van der Waals surface area contributed by atoms with E-state index in [0.29, 0.717) is 11.8 Å². The minimum absolute atomic E-state index is 0.00241. The second kappa shape index (κ2) is 11.6. The Morgan fingerprint density at radius 1 is 0.411 bits per heavy atom. The molecule has 4 unspecified atom stereocenters. The molecule has 2 nitrogen and oxygen atoms in total. The summed E-state index contributed by atoms with van der Waals surface area (Å²) in [5, 5.41) is 5.30. The molecule has 7 aromatic rings. The number of hydrogen-bond acceptors (Lipinski definition) is 2. The summed E-state index contributed by atoms with van der Waals surface area (Å²) in [6, 6.07) is 55.5. The van der Waals surface area contributed by atoms with E-state index in [1.54, 1.807) is 0 Å². The Morgan fingerprint density at radius 3 is 1.11 bits per heavy atom. The molecule has 278 valence electrons. The van der Waals surface area contributed by atoms with Crippen LogP contribution in [0.2, 0.25) is 0 Å². The van der Waals surface area contributed by atoms with Crippen LogP contribution in [-0.4, -0.2) is 11.1 Å². The molecule has 2 saturated carbocycles.